The van der Waals surface area contributed by atoms with Gasteiger partial charge in [-0.2, -0.15) is 0 Å². The summed E-state index contributed by atoms with van der Waals surface area (Å²) < 4.78 is 2.26. The van der Waals surface area contributed by atoms with Crippen LogP contribution < -0.4 is 0 Å². The second-order valence-electron chi connectivity index (χ2n) is 4.31. The molecule has 0 N–H and O–H groups in total. The molecule has 17 heavy (non-hydrogen) atoms. The van der Waals surface area contributed by atoms with E-state index in [0.29, 0.717) is 11.2 Å². The number of hydrogen-bond acceptors (Lipinski definition) is 1. The van der Waals surface area contributed by atoms with Gasteiger partial charge in [0.1, 0.15) is 5.15 Å². The van der Waals surface area contributed by atoms with Gasteiger partial charge in [0.2, 0.25) is 0 Å². The monoisotopic (exact) mass is 244 g/mol. The molecule has 0 aliphatic heterocycles. The quantitative estimate of drug-likeness (QED) is 0.726. The summed E-state index contributed by atoms with van der Waals surface area (Å²) in [5.41, 5.74) is 2.48. The van der Waals surface area contributed by atoms with Crippen LogP contribution in [0.1, 0.15) is 18.9 Å². The molecule has 1 atom stereocenters. The van der Waals surface area contributed by atoms with Crippen LogP contribution in [-0.4, -0.2) is 9.55 Å². The molecule has 2 heterocycles. The summed E-state index contributed by atoms with van der Waals surface area (Å²) in [5.74, 6) is 0. The van der Waals surface area contributed by atoms with Gasteiger partial charge in [-0.25, -0.2) is 4.98 Å². The Morgan fingerprint density at radius 2 is 2.35 bits per heavy atom. The Morgan fingerprint density at radius 1 is 1.47 bits per heavy atom. The third-order valence-corrected chi connectivity index (χ3v) is 3.65. The molecule has 0 fully saturated rings. The Labute approximate surface area is 105 Å². The summed E-state index contributed by atoms with van der Waals surface area (Å²) in [6.45, 7) is 3.83. The molecule has 2 nitrogen and oxygen atoms in total. The van der Waals surface area contributed by atoms with E-state index >= 15 is 0 Å². The average Bonchev–Trinajstić information content (AvgIpc) is 2.94. The van der Waals surface area contributed by atoms with Gasteiger partial charge in [0.25, 0.3) is 0 Å². The van der Waals surface area contributed by atoms with E-state index in [0.717, 1.165) is 23.7 Å². The van der Waals surface area contributed by atoms with Gasteiger partial charge in [0.05, 0.1) is 11.6 Å². The zero-order valence-electron chi connectivity index (χ0n) is 9.44. The highest BCUT2D eigenvalue weighted by molar-refractivity contribution is 6.34. The van der Waals surface area contributed by atoms with Crippen molar-refractivity contribution in [3.63, 3.8) is 0 Å². The third kappa shape index (κ3) is 1.69. The van der Waals surface area contributed by atoms with Crippen molar-refractivity contribution < 1.29 is 0 Å². The normalized spacial score (nSPS) is 19.6. The fourth-order valence-corrected chi connectivity index (χ4v) is 2.68. The minimum atomic E-state index is 0.416. The van der Waals surface area contributed by atoms with E-state index in [4.69, 9.17) is 11.6 Å². The zero-order chi connectivity index (χ0) is 11.8. The van der Waals surface area contributed by atoms with Crippen LogP contribution in [0.5, 0.6) is 0 Å². The number of halogens is 1. The first-order chi connectivity index (χ1) is 8.29. The lowest BCUT2D eigenvalue weighted by molar-refractivity contribution is 0.609. The Hall–Kier alpha value is -1.54. The largest absolute Gasteiger partial charge is 0.340 e. The first kappa shape index (κ1) is 10.6. The number of hydrogen-bond donors (Lipinski definition) is 0. The Balaban J connectivity index is 2.10. The molecule has 0 aromatic carbocycles. The van der Waals surface area contributed by atoms with Crippen LogP contribution >= 0.6 is 11.6 Å². The van der Waals surface area contributed by atoms with E-state index in [1.165, 1.54) is 5.57 Å². The number of pyridine rings is 1. The van der Waals surface area contributed by atoms with E-state index in [2.05, 4.69) is 28.4 Å². The fourth-order valence-electron chi connectivity index (χ4n) is 2.46. The molecular weight excluding hydrogens is 232 g/mol. The summed E-state index contributed by atoms with van der Waals surface area (Å²) in [6.07, 6.45) is 10.3. The van der Waals surface area contributed by atoms with Crippen LogP contribution in [0.2, 0.25) is 5.15 Å². The van der Waals surface area contributed by atoms with Gasteiger partial charge in [-0.15, -0.1) is 0 Å². The van der Waals surface area contributed by atoms with Gasteiger partial charge in [0.15, 0.2) is 0 Å². The van der Waals surface area contributed by atoms with Crippen molar-refractivity contribution >= 4 is 22.5 Å². The first-order valence-electron chi connectivity index (χ1n) is 5.74. The minimum absolute atomic E-state index is 0.416. The molecule has 1 aliphatic carbocycles. The molecule has 0 radical (unpaired) electrons. The topological polar surface area (TPSA) is 17.8 Å². The van der Waals surface area contributed by atoms with Crippen molar-refractivity contribution in [2.75, 3.05) is 0 Å². The molecule has 2 aromatic rings. The summed E-state index contributed by atoms with van der Waals surface area (Å²) in [6, 6.07) is 4.46. The van der Waals surface area contributed by atoms with E-state index < -0.39 is 0 Å². The lowest BCUT2D eigenvalue weighted by Gasteiger charge is -2.11. The summed E-state index contributed by atoms with van der Waals surface area (Å²) in [4.78, 5) is 4.10. The SMILES string of the molecule is C=CC1=CC(n2ccc3c(Cl)nccc32)CC1. The molecule has 86 valence electrons. The average molecular weight is 245 g/mol. The molecular formula is C14H13ClN2. The summed E-state index contributed by atoms with van der Waals surface area (Å²) in [7, 11) is 0. The van der Waals surface area contributed by atoms with Gasteiger partial charge >= 0.3 is 0 Å². The smallest absolute Gasteiger partial charge is 0.138 e. The molecule has 1 aliphatic rings. The van der Waals surface area contributed by atoms with Crippen LogP contribution in [0.15, 0.2) is 48.8 Å². The molecule has 0 saturated heterocycles. The maximum absolute atomic E-state index is 6.08. The molecule has 2 aromatic heterocycles. The standard InChI is InChI=1S/C14H13ClN2/c1-2-10-3-4-11(9-10)17-8-6-12-13(17)5-7-16-14(12)15/h2,5-9,11H,1,3-4H2. The maximum Gasteiger partial charge on any atom is 0.138 e. The van der Waals surface area contributed by atoms with Crippen molar-refractivity contribution in [3.8, 4) is 0 Å². The van der Waals surface area contributed by atoms with Crippen LogP contribution in [0.4, 0.5) is 0 Å². The molecule has 3 heteroatoms. The van der Waals surface area contributed by atoms with E-state index in [-0.39, 0.29) is 0 Å². The summed E-state index contributed by atoms with van der Waals surface area (Å²) >= 11 is 6.08. The molecule has 0 bridgehead atoms. The number of nitrogens with zero attached hydrogens (tertiary/aromatic N) is 2. The second-order valence-corrected chi connectivity index (χ2v) is 4.67. The van der Waals surface area contributed by atoms with Gasteiger partial charge in [0, 0.05) is 17.8 Å². The highest BCUT2D eigenvalue weighted by Crippen LogP contribution is 2.33. The van der Waals surface area contributed by atoms with Crippen molar-refractivity contribution in [2.24, 2.45) is 0 Å². The molecule has 3 rings (SSSR count). The van der Waals surface area contributed by atoms with Gasteiger partial charge in [-0.1, -0.05) is 35.9 Å². The highest BCUT2D eigenvalue weighted by atomic mass is 35.5. The minimum Gasteiger partial charge on any atom is -0.340 e. The van der Waals surface area contributed by atoms with E-state index in [1.54, 1.807) is 6.20 Å². The predicted molar refractivity (Wildman–Crippen MR) is 71.3 cm³/mol. The van der Waals surface area contributed by atoms with E-state index in [1.807, 2.05) is 18.2 Å². The van der Waals surface area contributed by atoms with Crippen LogP contribution in [0.25, 0.3) is 10.9 Å². The fraction of sp³-hybridized carbons (Fsp3) is 0.214. The number of fused-ring (bicyclic) bond motifs is 1. The lowest BCUT2D eigenvalue weighted by atomic mass is 10.2. The molecule has 1 unspecified atom stereocenters. The van der Waals surface area contributed by atoms with Gasteiger partial charge in [-0.05, 0) is 25.0 Å². The van der Waals surface area contributed by atoms with Gasteiger partial charge in [-0.3, -0.25) is 0 Å². The van der Waals surface area contributed by atoms with Crippen molar-refractivity contribution in [1.82, 2.24) is 9.55 Å². The molecule has 0 spiro atoms. The van der Waals surface area contributed by atoms with Gasteiger partial charge < -0.3 is 4.57 Å². The Kier molecular flexibility index (Phi) is 2.52. The number of allylic oxidation sites excluding steroid dienone is 3. The highest BCUT2D eigenvalue weighted by Gasteiger charge is 2.17. The van der Waals surface area contributed by atoms with Crippen LogP contribution in [0.3, 0.4) is 0 Å². The van der Waals surface area contributed by atoms with Crippen molar-refractivity contribution in [3.05, 3.63) is 54.0 Å². The Bertz CT molecular complexity index is 610. The lowest BCUT2D eigenvalue weighted by Crippen LogP contribution is -2.01. The van der Waals surface area contributed by atoms with E-state index in [9.17, 15) is 0 Å². The second kappa shape index (κ2) is 4.04. The van der Waals surface area contributed by atoms with Crippen LogP contribution in [0, 0.1) is 0 Å². The maximum atomic E-state index is 6.08. The third-order valence-electron chi connectivity index (χ3n) is 3.35. The first-order valence-corrected chi connectivity index (χ1v) is 6.11. The van der Waals surface area contributed by atoms with Crippen LogP contribution in [-0.2, 0) is 0 Å². The van der Waals surface area contributed by atoms with Crippen molar-refractivity contribution in [1.29, 1.82) is 0 Å². The zero-order valence-corrected chi connectivity index (χ0v) is 10.2. The number of aromatic nitrogens is 2. The summed E-state index contributed by atoms with van der Waals surface area (Å²) in [5, 5.41) is 1.60. The number of rotatable bonds is 2. The molecule has 0 saturated carbocycles. The Morgan fingerprint density at radius 3 is 3.12 bits per heavy atom. The molecule has 0 amide bonds. The predicted octanol–water partition coefficient (Wildman–Crippen LogP) is 4.14. The van der Waals surface area contributed by atoms with Crippen molar-refractivity contribution in [2.45, 2.75) is 18.9 Å².